The van der Waals surface area contributed by atoms with Gasteiger partial charge in [-0.1, -0.05) is 48.5 Å². The SMILES string of the molecule is COc1ccccc1Oc1cccc2cc3ccccc3cc12. The molecule has 23 heavy (non-hydrogen) atoms. The second kappa shape index (κ2) is 5.65. The van der Waals surface area contributed by atoms with Crippen LogP contribution in [0.4, 0.5) is 0 Å². The molecule has 0 fully saturated rings. The van der Waals surface area contributed by atoms with Crippen LogP contribution in [0, 0.1) is 0 Å². The Labute approximate surface area is 134 Å². The molecule has 0 aliphatic carbocycles. The normalized spacial score (nSPS) is 10.8. The van der Waals surface area contributed by atoms with E-state index in [-0.39, 0.29) is 0 Å². The van der Waals surface area contributed by atoms with Crippen molar-refractivity contribution >= 4 is 21.5 Å². The van der Waals surface area contributed by atoms with Crippen molar-refractivity contribution in [2.45, 2.75) is 0 Å². The third kappa shape index (κ3) is 2.49. The molecular weight excluding hydrogens is 284 g/mol. The Morgan fingerprint density at radius 2 is 1.17 bits per heavy atom. The lowest BCUT2D eigenvalue weighted by Gasteiger charge is -2.12. The Bertz CT molecular complexity index is 989. The molecular formula is C21H16O2. The fourth-order valence-corrected chi connectivity index (χ4v) is 2.85. The summed E-state index contributed by atoms with van der Waals surface area (Å²) in [4.78, 5) is 0. The fraction of sp³-hybridized carbons (Fsp3) is 0.0476. The first-order valence-electron chi connectivity index (χ1n) is 7.57. The van der Waals surface area contributed by atoms with E-state index in [1.165, 1.54) is 10.8 Å². The van der Waals surface area contributed by atoms with E-state index in [0.29, 0.717) is 0 Å². The van der Waals surface area contributed by atoms with E-state index in [9.17, 15) is 0 Å². The standard InChI is InChI=1S/C21H16O2/c1-22-20-10-4-5-11-21(20)23-19-12-6-9-17-13-15-7-2-3-8-16(15)14-18(17)19/h2-14H,1H3. The molecule has 2 nitrogen and oxygen atoms in total. The number of benzene rings is 4. The Morgan fingerprint density at radius 1 is 0.565 bits per heavy atom. The molecule has 4 rings (SSSR count). The molecule has 0 bridgehead atoms. The molecule has 0 saturated carbocycles. The minimum Gasteiger partial charge on any atom is -0.493 e. The molecule has 2 heteroatoms. The Kier molecular flexibility index (Phi) is 3.35. The van der Waals surface area contributed by atoms with E-state index >= 15 is 0 Å². The topological polar surface area (TPSA) is 18.5 Å². The van der Waals surface area contributed by atoms with Crippen LogP contribution < -0.4 is 9.47 Å². The molecule has 0 aliphatic heterocycles. The summed E-state index contributed by atoms with van der Waals surface area (Å²) in [5, 5.41) is 4.69. The van der Waals surface area contributed by atoms with Gasteiger partial charge in [0.2, 0.25) is 0 Å². The van der Waals surface area contributed by atoms with Crippen molar-refractivity contribution in [2.24, 2.45) is 0 Å². The van der Waals surface area contributed by atoms with E-state index in [4.69, 9.17) is 9.47 Å². The Morgan fingerprint density at radius 3 is 1.96 bits per heavy atom. The molecule has 0 saturated heterocycles. The van der Waals surface area contributed by atoms with Gasteiger partial charge in [-0.25, -0.2) is 0 Å². The Balaban J connectivity index is 1.88. The number of ether oxygens (including phenoxy) is 2. The highest BCUT2D eigenvalue weighted by Crippen LogP contribution is 2.36. The summed E-state index contributed by atoms with van der Waals surface area (Å²) in [5.74, 6) is 2.28. The van der Waals surface area contributed by atoms with Crippen molar-refractivity contribution < 1.29 is 9.47 Å². The van der Waals surface area contributed by atoms with Gasteiger partial charge in [-0.15, -0.1) is 0 Å². The second-order valence-corrected chi connectivity index (χ2v) is 5.43. The first-order valence-corrected chi connectivity index (χ1v) is 7.57. The number of hydrogen-bond acceptors (Lipinski definition) is 2. The molecule has 4 aromatic carbocycles. The van der Waals surface area contributed by atoms with Crippen LogP contribution in [-0.4, -0.2) is 7.11 Å². The lowest BCUT2D eigenvalue weighted by Crippen LogP contribution is -1.90. The van der Waals surface area contributed by atoms with Crippen LogP contribution >= 0.6 is 0 Å². The predicted molar refractivity (Wildman–Crippen MR) is 94.5 cm³/mol. The number of fused-ring (bicyclic) bond motifs is 2. The number of rotatable bonds is 3. The average molecular weight is 300 g/mol. The summed E-state index contributed by atoms with van der Waals surface area (Å²) < 4.78 is 11.5. The molecule has 0 atom stereocenters. The van der Waals surface area contributed by atoms with Crippen LogP contribution in [0.5, 0.6) is 17.2 Å². The molecule has 4 aromatic rings. The Hall–Kier alpha value is -3.00. The van der Waals surface area contributed by atoms with Crippen molar-refractivity contribution in [3.63, 3.8) is 0 Å². The lowest BCUT2D eigenvalue weighted by atomic mass is 10.0. The van der Waals surface area contributed by atoms with Gasteiger partial charge in [0.05, 0.1) is 7.11 Å². The molecule has 0 unspecified atom stereocenters. The highest BCUT2D eigenvalue weighted by atomic mass is 16.5. The maximum atomic E-state index is 6.14. The van der Waals surface area contributed by atoms with Gasteiger partial charge in [-0.3, -0.25) is 0 Å². The highest BCUT2D eigenvalue weighted by Gasteiger charge is 2.08. The van der Waals surface area contributed by atoms with Gasteiger partial charge < -0.3 is 9.47 Å². The van der Waals surface area contributed by atoms with Crippen molar-refractivity contribution in [3.05, 3.63) is 78.9 Å². The van der Waals surface area contributed by atoms with E-state index in [1.54, 1.807) is 7.11 Å². The maximum absolute atomic E-state index is 6.14. The number of methoxy groups -OCH3 is 1. The molecule has 0 aliphatic rings. The summed E-state index contributed by atoms with van der Waals surface area (Å²) in [5.41, 5.74) is 0. The first-order chi connectivity index (χ1) is 11.3. The van der Waals surface area contributed by atoms with E-state index < -0.39 is 0 Å². The zero-order valence-corrected chi connectivity index (χ0v) is 12.8. The zero-order valence-electron chi connectivity index (χ0n) is 12.8. The average Bonchev–Trinajstić information content (AvgIpc) is 2.61. The predicted octanol–water partition coefficient (Wildman–Crippen LogP) is 5.79. The highest BCUT2D eigenvalue weighted by molar-refractivity contribution is 6.00. The second-order valence-electron chi connectivity index (χ2n) is 5.43. The van der Waals surface area contributed by atoms with Gasteiger partial charge in [0, 0.05) is 5.39 Å². The van der Waals surface area contributed by atoms with Gasteiger partial charge >= 0.3 is 0 Å². The maximum Gasteiger partial charge on any atom is 0.169 e. The lowest BCUT2D eigenvalue weighted by molar-refractivity contribution is 0.380. The van der Waals surface area contributed by atoms with E-state index in [1.807, 2.05) is 36.4 Å². The van der Waals surface area contributed by atoms with Gasteiger partial charge in [0.25, 0.3) is 0 Å². The molecule has 0 heterocycles. The molecule has 0 aromatic heterocycles. The van der Waals surface area contributed by atoms with Crippen LogP contribution in [-0.2, 0) is 0 Å². The first kappa shape index (κ1) is 13.6. The van der Waals surface area contributed by atoms with Crippen molar-refractivity contribution in [3.8, 4) is 17.2 Å². The summed E-state index contributed by atoms with van der Waals surface area (Å²) in [6.45, 7) is 0. The van der Waals surface area contributed by atoms with Crippen LogP contribution in [0.1, 0.15) is 0 Å². The van der Waals surface area contributed by atoms with Crippen molar-refractivity contribution in [1.82, 2.24) is 0 Å². The monoisotopic (exact) mass is 300 g/mol. The van der Waals surface area contributed by atoms with Crippen LogP contribution in [0.25, 0.3) is 21.5 Å². The minimum atomic E-state index is 0.718. The van der Waals surface area contributed by atoms with Gasteiger partial charge in [0.1, 0.15) is 5.75 Å². The van der Waals surface area contributed by atoms with Gasteiger partial charge in [-0.05, 0) is 46.5 Å². The van der Waals surface area contributed by atoms with Gasteiger partial charge in [0.15, 0.2) is 11.5 Å². The van der Waals surface area contributed by atoms with E-state index in [0.717, 1.165) is 28.0 Å². The molecule has 0 amide bonds. The molecule has 0 radical (unpaired) electrons. The fourth-order valence-electron chi connectivity index (χ4n) is 2.85. The van der Waals surface area contributed by atoms with Crippen LogP contribution in [0.3, 0.4) is 0 Å². The quantitative estimate of drug-likeness (QED) is 0.445. The largest absolute Gasteiger partial charge is 0.493 e. The van der Waals surface area contributed by atoms with Gasteiger partial charge in [-0.2, -0.15) is 0 Å². The third-order valence-electron chi connectivity index (χ3n) is 4.00. The number of para-hydroxylation sites is 2. The number of hydrogen-bond donors (Lipinski definition) is 0. The summed E-state index contributed by atoms with van der Waals surface area (Å²) in [6.07, 6.45) is 0. The van der Waals surface area contributed by atoms with E-state index in [2.05, 4.69) is 42.5 Å². The smallest absolute Gasteiger partial charge is 0.169 e. The van der Waals surface area contributed by atoms with Crippen molar-refractivity contribution in [1.29, 1.82) is 0 Å². The van der Waals surface area contributed by atoms with Crippen LogP contribution in [0.15, 0.2) is 78.9 Å². The van der Waals surface area contributed by atoms with Crippen molar-refractivity contribution in [2.75, 3.05) is 7.11 Å². The third-order valence-corrected chi connectivity index (χ3v) is 4.00. The summed E-state index contributed by atoms with van der Waals surface area (Å²) >= 11 is 0. The molecule has 112 valence electrons. The molecule has 0 spiro atoms. The molecule has 0 N–H and O–H groups in total. The summed E-state index contributed by atoms with van der Waals surface area (Å²) in [6, 6.07) is 26.5. The summed E-state index contributed by atoms with van der Waals surface area (Å²) in [7, 11) is 1.65. The zero-order chi connectivity index (χ0) is 15.6. The van der Waals surface area contributed by atoms with Crippen LogP contribution in [0.2, 0.25) is 0 Å². The minimum absolute atomic E-state index is 0.718.